The summed E-state index contributed by atoms with van der Waals surface area (Å²) >= 11 is 0. The van der Waals surface area contributed by atoms with Crippen molar-refractivity contribution in [3.05, 3.63) is 70.7 Å². The normalized spacial score (nSPS) is 14.2. The Labute approximate surface area is 160 Å². The average molecular weight is 392 g/mol. The van der Waals surface area contributed by atoms with E-state index in [4.69, 9.17) is 0 Å². The molecule has 0 aliphatic rings. The van der Waals surface area contributed by atoms with Crippen LogP contribution in [0.5, 0.6) is 0 Å². The van der Waals surface area contributed by atoms with Crippen molar-refractivity contribution in [1.82, 2.24) is 0 Å². The van der Waals surface area contributed by atoms with Gasteiger partial charge in [0.25, 0.3) is 0 Å². The van der Waals surface area contributed by atoms with Gasteiger partial charge in [-0.2, -0.15) is 23.2 Å². The molecule has 0 aliphatic heterocycles. The van der Waals surface area contributed by atoms with Crippen LogP contribution in [0, 0.1) is 16.5 Å². The van der Waals surface area contributed by atoms with Gasteiger partial charge in [-0.25, -0.2) is 0 Å². The number of aliphatic hydroxyl groups is 1. The number of nitriles is 1. The van der Waals surface area contributed by atoms with Crippen molar-refractivity contribution < 1.29 is 27.8 Å². The van der Waals surface area contributed by atoms with Crippen LogP contribution in [0.15, 0.2) is 48.7 Å². The molecule has 0 amide bonds. The minimum Gasteiger partial charge on any atom is -0.618 e. The number of hydrogen-bond acceptors (Lipinski definition) is 4. The van der Waals surface area contributed by atoms with Gasteiger partial charge in [-0.05, 0) is 44.0 Å². The molecule has 1 aromatic heterocycles. The summed E-state index contributed by atoms with van der Waals surface area (Å²) in [7, 11) is 0. The van der Waals surface area contributed by atoms with E-state index in [1.54, 1.807) is 0 Å². The number of benzene rings is 1. The molecule has 0 saturated carbocycles. The van der Waals surface area contributed by atoms with E-state index in [2.05, 4.69) is 0 Å². The summed E-state index contributed by atoms with van der Waals surface area (Å²) < 4.78 is 39.1. The number of pyridine rings is 1. The maximum atomic E-state index is 12.9. The second kappa shape index (κ2) is 7.60. The van der Waals surface area contributed by atoms with Gasteiger partial charge in [0.2, 0.25) is 5.69 Å². The summed E-state index contributed by atoms with van der Waals surface area (Å²) in [6, 6.07) is 10.3. The van der Waals surface area contributed by atoms with E-state index in [1.807, 2.05) is 6.07 Å². The van der Waals surface area contributed by atoms with E-state index in [0.29, 0.717) is 4.73 Å². The number of Topliss-reactive ketones (excluding diaryl/α,β-unsaturated/α-hetero) is 1. The van der Waals surface area contributed by atoms with Crippen molar-refractivity contribution in [2.24, 2.45) is 0 Å². The highest BCUT2D eigenvalue weighted by atomic mass is 19.4. The fraction of sp³-hybridized carbons (Fsp3) is 0.350. The van der Waals surface area contributed by atoms with E-state index >= 15 is 0 Å². The molecule has 28 heavy (non-hydrogen) atoms. The van der Waals surface area contributed by atoms with Crippen LogP contribution in [0.25, 0.3) is 0 Å². The van der Waals surface area contributed by atoms with Gasteiger partial charge in [-0.1, -0.05) is 12.1 Å². The van der Waals surface area contributed by atoms with Gasteiger partial charge >= 0.3 is 6.18 Å². The molecule has 8 heteroatoms. The summed E-state index contributed by atoms with van der Waals surface area (Å²) in [5, 5.41) is 32.1. The predicted octanol–water partition coefficient (Wildman–Crippen LogP) is 3.27. The average Bonchev–Trinajstić information content (AvgIpc) is 2.62. The van der Waals surface area contributed by atoms with Crippen molar-refractivity contribution in [1.29, 1.82) is 5.26 Å². The molecule has 0 unspecified atom stereocenters. The number of carbonyl (C=O) groups is 1. The van der Waals surface area contributed by atoms with Crippen molar-refractivity contribution >= 4 is 5.78 Å². The predicted molar refractivity (Wildman–Crippen MR) is 93.8 cm³/mol. The van der Waals surface area contributed by atoms with E-state index in [1.165, 1.54) is 38.2 Å². The first-order valence-electron chi connectivity index (χ1n) is 8.45. The van der Waals surface area contributed by atoms with Crippen LogP contribution in [-0.4, -0.2) is 16.5 Å². The van der Waals surface area contributed by atoms with Gasteiger partial charge in [-0.3, -0.25) is 4.79 Å². The molecule has 1 atom stereocenters. The number of ketones is 1. The number of rotatable bonds is 6. The molecule has 2 aromatic rings. The number of hydrogen-bond donors (Lipinski definition) is 1. The van der Waals surface area contributed by atoms with E-state index < -0.39 is 28.5 Å². The first-order chi connectivity index (χ1) is 12.9. The summed E-state index contributed by atoms with van der Waals surface area (Å²) in [6.07, 6.45) is -3.80. The Hall–Kier alpha value is -2.92. The molecule has 1 heterocycles. The molecule has 0 radical (unpaired) electrons. The Bertz CT molecular complexity index is 897. The maximum absolute atomic E-state index is 12.9. The lowest BCUT2D eigenvalue weighted by atomic mass is 9.73. The number of alkyl halides is 3. The molecular formula is C20H19F3N2O3. The molecule has 148 valence electrons. The fourth-order valence-corrected chi connectivity index (χ4v) is 2.91. The van der Waals surface area contributed by atoms with Gasteiger partial charge in [0.1, 0.15) is 5.60 Å². The third-order valence-corrected chi connectivity index (χ3v) is 4.57. The molecule has 2 rings (SSSR count). The van der Waals surface area contributed by atoms with Gasteiger partial charge in [-0.15, -0.1) is 0 Å². The second-order valence-electron chi connectivity index (χ2n) is 6.99. The lowest BCUT2D eigenvalue weighted by Crippen LogP contribution is -2.43. The molecule has 0 fully saturated rings. The first-order valence-corrected chi connectivity index (χ1v) is 8.45. The van der Waals surface area contributed by atoms with Gasteiger partial charge in [0.15, 0.2) is 17.4 Å². The van der Waals surface area contributed by atoms with Crippen LogP contribution >= 0.6 is 0 Å². The Kier molecular flexibility index (Phi) is 5.80. The molecule has 1 N–H and O–H groups in total. The minimum absolute atomic E-state index is 0.0131. The highest BCUT2D eigenvalue weighted by Crippen LogP contribution is 2.37. The van der Waals surface area contributed by atoms with Crippen LogP contribution in [0.2, 0.25) is 0 Å². The van der Waals surface area contributed by atoms with Gasteiger partial charge in [0.05, 0.1) is 11.6 Å². The van der Waals surface area contributed by atoms with Crippen LogP contribution in [0.1, 0.15) is 43.5 Å². The summed E-state index contributed by atoms with van der Waals surface area (Å²) in [5.74, 6) is -0.549. The number of aromatic nitrogens is 1. The van der Waals surface area contributed by atoms with E-state index in [-0.39, 0.29) is 24.1 Å². The molecule has 0 aliphatic carbocycles. The van der Waals surface area contributed by atoms with Crippen molar-refractivity contribution in [3.8, 4) is 6.07 Å². The van der Waals surface area contributed by atoms with E-state index in [0.717, 1.165) is 24.3 Å². The standard InChI is InChI=1S/C20H19F3N2O3/c1-18(2,27)17(26)10-11-19(13-24,16-5-3-4-12-25(16)28)14-6-8-15(9-7-14)20(21,22)23/h3-9,12,27H,10-11H2,1-2H3/t19-/m1/s1. The lowest BCUT2D eigenvalue weighted by molar-refractivity contribution is -0.616. The monoisotopic (exact) mass is 392 g/mol. The Balaban J connectivity index is 2.57. The smallest absolute Gasteiger partial charge is 0.416 e. The topological polar surface area (TPSA) is 88.0 Å². The van der Waals surface area contributed by atoms with Gasteiger partial charge in [0, 0.05) is 18.6 Å². The van der Waals surface area contributed by atoms with Crippen LogP contribution in [-0.2, 0) is 16.4 Å². The third kappa shape index (κ3) is 4.31. The highest BCUT2D eigenvalue weighted by Gasteiger charge is 2.43. The minimum atomic E-state index is -4.55. The zero-order chi connectivity index (χ0) is 21.2. The van der Waals surface area contributed by atoms with Crippen molar-refractivity contribution in [2.45, 2.75) is 43.9 Å². The number of halogens is 3. The Morgan fingerprint density at radius 1 is 1.14 bits per heavy atom. The molecule has 5 nitrogen and oxygen atoms in total. The van der Waals surface area contributed by atoms with Crippen molar-refractivity contribution in [3.63, 3.8) is 0 Å². The van der Waals surface area contributed by atoms with Crippen LogP contribution in [0.3, 0.4) is 0 Å². The fourth-order valence-electron chi connectivity index (χ4n) is 2.91. The highest BCUT2D eigenvalue weighted by molar-refractivity contribution is 5.86. The number of carbonyl (C=O) groups excluding carboxylic acids is 1. The maximum Gasteiger partial charge on any atom is 0.416 e. The van der Waals surface area contributed by atoms with Crippen molar-refractivity contribution in [2.75, 3.05) is 0 Å². The van der Waals surface area contributed by atoms with Gasteiger partial charge < -0.3 is 10.3 Å². The SMILES string of the molecule is CC(C)(O)C(=O)CC[C@@](C#N)(c1ccc(C(F)(F)F)cc1)c1cccc[n+]1[O-]. The first kappa shape index (κ1) is 21.4. The molecule has 0 bridgehead atoms. The number of nitrogens with zero attached hydrogens (tertiary/aromatic N) is 2. The lowest BCUT2D eigenvalue weighted by Gasteiger charge is -2.27. The van der Waals surface area contributed by atoms with E-state index in [9.17, 15) is 33.5 Å². The molecule has 0 spiro atoms. The third-order valence-electron chi connectivity index (χ3n) is 4.57. The summed E-state index contributed by atoms with van der Waals surface area (Å²) in [4.78, 5) is 12.2. The largest absolute Gasteiger partial charge is 0.618 e. The second-order valence-corrected chi connectivity index (χ2v) is 6.99. The summed E-state index contributed by atoms with van der Waals surface area (Å²) in [5.41, 5.74) is -4.04. The Morgan fingerprint density at radius 2 is 1.71 bits per heavy atom. The molecular weight excluding hydrogens is 373 g/mol. The Morgan fingerprint density at radius 3 is 2.18 bits per heavy atom. The zero-order valence-corrected chi connectivity index (χ0v) is 15.3. The van der Waals surface area contributed by atoms with Crippen LogP contribution in [0.4, 0.5) is 13.2 Å². The zero-order valence-electron chi connectivity index (χ0n) is 15.3. The summed E-state index contributed by atoms with van der Waals surface area (Å²) in [6.45, 7) is 2.61. The quantitative estimate of drug-likeness (QED) is 0.604. The molecule has 1 aromatic carbocycles. The molecule has 0 saturated heterocycles. The van der Waals surface area contributed by atoms with Crippen LogP contribution < -0.4 is 4.73 Å².